The summed E-state index contributed by atoms with van der Waals surface area (Å²) in [5.41, 5.74) is 0.803. The highest BCUT2D eigenvalue weighted by atomic mass is 16.5. The average Bonchev–Trinajstić information content (AvgIpc) is 2.33. The molecule has 1 atom stereocenters. The minimum Gasteiger partial charge on any atom is -0.373 e. The van der Waals surface area contributed by atoms with Crippen LogP contribution in [-0.2, 0) is 9.53 Å². The van der Waals surface area contributed by atoms with E-state index < -0.39 is 0 Å². The lowest BCUT2D eigenvalue weighted by Crippen LogP contribution is -2.04. The van der Waals surface area contributed by atoms with Crippen LogP contribution in [0.1, 0.15) is 19.8 Å². The van der Waals surface area contributed by atoms with Gasteiger partial charge in [0.25, 0.3) is 0 Å². The average molecular weight is 126 g/mol. The fraction of sp³-hybridized carbons (Fsp3) is 0.714. The molecule has 1 fully saturated rings. The lowest BCUT2D eigenvalue weighted by molar-refractivity contribution is 0.122. The highest BCUT2D eigenvalue weighted by Crippen LogP contribution is 2.18. The number of carbonyl (C=O) groups excluding carboxylic acids is 1. The summed E-state index contributed by atoms with van der Waals surface area (Å²) in [6, 6.07) is 0. The van der Waals surface area contributed by atoms with Gasteiger partial charge in [0, 0.05) is 12.0 Å². The zero-order valence-electron chi connectivity index (χ0n) is 5.52. The van der Waals surface area contributed by atoms with Crippen molar-refractivity contribution < 1.29 is 9.53 Å². The highest BCUT2D eigenvalue weighted by Gasteiger charge is 2.19. The van der Waals surface area contributed by atoms with Gasteiger partial charge in [-0.05, 0) is 6.42 Å². The maximum atomic E-state index is 10.1. The molecule has 0 N–H and O–H groups in total. The molecular formula is C7H10O2. The van der Waals surface area contributed by atoms with Crippen molar-refractivity contribution in [2.24, 2.45) is 0 Å². The molecule has 1 unspecified atom stereocenters. The highest BCUT2D eigenvalue weighted by molar-refractivity contribution is 5.54. The molecule has 0 spiro atoms. The molecule has 50 valence electrons. The van der Waals surface area contributed by atoms with Gasteiger partial charge in [0.15, 0.2) is 0 Å². The lowest BCUT2D eigenvalue weighted by atomic mass is 10.1. The van der Waals surface area contributed by atoms with Crippen molar-refractivity contribution in [1.82, 2.24) is 0 Å². The topological polar surface area (TPSA) is 26.3 Å². The maximum absolute atomic E-state index is 10.1. The second-order valence-electron chi connectivity index (χ2n) is 2.14. The molecule has 0 aliphatic carbocycles. The van der Waals surface area contributed by atoms with Gasteiger partial charge in [-0.25, -0.2) is 4.79 Å². The van der Waals surface area contributed by atoms with Crippen molar-refractivity contribution in [3.8, 4) is 0 Å². The molecular weight excluding hydrogens is 116 g/mol. The smallest absolute Gasteiger partial charge is 0.126 e. The first kappa shape index (κ1) is 6.53. The fourth-order valence-corrected chi connectivity index (χ4v) is 1.05. The minimum absolute atomic E-state index is 0.0718. The van der Waals surface area contributed by atoms with Crippen molar-refractivity contribution in [3.05, 3.63) is 5.57 Å². The van der Waals surface area contributed by atoms with E-state index in [4.69, 9.17) is 4.74 Å². The molecule has 0 amide bonds. The van der Waals surface area contributed by atoms with E-state index in [9.17, 15) is 4.79 Å². The molecule has 0 aromatic carbocycles. The third-order valence-corrected chi connectivity index (χ3v) is 1.58. The van der Waals surface area contributed by atoms with Crippen LogP contribution in [0.15, 0.2) is 5.57 Å². The molecule has 2 nitrogen and oxygen atoms in total. The van der Waals surface area contributed by atoms with Gasteiger partial charge in [0.2, 0.25) is 0 Å². The lowest BCUT2D eigenvalue weighted by Gasteiger charge is -2.02. The van der Waals surface area contributed by atoms with Gasteiger partial charge in [-0.15, -0.1) is 0 Å². The van der Waals surface area contributed by atoms with Gasteiger partial charge in [-0.1, -0.05) is 6.92 Å². The predicted molar refractivity (Wildman–Crippen MR) is 33.9 cm³/mol. The monoisotopic (exact) mass is 126 g/mol. The Balaban J connectivity index is 2.62. The van der Waals surface area contributed by atoms with Crippen LogP contribution >= 0.6 is 0 Å². The van der Waals surface area contributed by atoms with Crippen LogP contribution in [0.3, 0.4) is 0 Å². The number of ether oxygens (including phenoxy) is 1. The Hall–Kier alpha value is -0.590. The Morgan fingerprint density at radius 1 is 1.89 bits per heavy atom. The Bertz CT molecular complexity index is 145. The van der Waals surface area contributed by atoms with E-state index in [-0.39, 0.29) is 6.10 Å². The Morgan fingerprint density at radius 3 is 3.11 bits per heavy atom. The van der Waals surface area contributed by atoms with Crippen LogP contribution in [0.5, 0.6) is 0 Å². The summed E-state index contributed by atoms with van der Waals surface area (Å²) in [4.78, 5) is 10.1. The first-order valence-electron chi connectivity index (χ1n) is 3.24. The van der Waals surface area contributed by atoms with Crippen LogP contribution in [0.2, 0.25) is 0 Å². The van der Waals surface area contributed by atoms with Gasteiger partial charge >= 0.3 is 0 Å². The van der Waals surface area contributed by atoms with Crippen LogP contribution in [0.25, 0.3) is 0 Å². The SMILES string of the molecule is CCC1OCCC1=C=O. The zero-order chi connectivity index (χ0) is 6.69. The van der Waals surface area contributed by atoms with Gasteiger partial charge < -0.3 is 4.74 Å². The summed E-state index contributed by atoms with van der Waals surface area (Å²) >= 11 is 0. The molecule has 1 aliphatic rings. The second kappa shape index (κ2) is 2.81. The number of hydrogen-bond acceptors (Lipinski definition) is 2. The third kappa shape index (κ3) is 1.21. The van der Waals surface area contributed by atoms with Crippen molar-refractivity contribution >= 4 is 5.94 Å². The van der Waals surface area contributed by atoms with E-state index in [0.29, 0.717) is 6.61 Å². The normalized spacial score (nSPS) is 26.3. The van der Waals surface area contributed by atoms with Gasteiger partial charge in [-0.3, -0.25) is 0 Å². The largest absolute Gasteiger partial charge is 0.373 e. The molecule has 0 radical (unpaired) electrons. The van der Waals surface area contributed by atoms with Gasteiger partial charge in [-0.2, -0.15) is 0 Å². The quantitative estimate of drug-likeness (QED) is 0.489. The van der Waals surface area contributed by atoms with E-state index in [2.05, 4.69) is 0 Å². The van der Waals surface area contributed by atoms with Crippen LogP contribution in [0, 0.1) is 0 Å². The standard InChI is InChI=1S/C7H10O2/c1-2-7-6(5-8)3-4-9-7/h7H,2-4H2,1H3. The first-order chi connectivity index (χ1) is 4.38. The molecule has 0 aromatic heterocycles. The molecule has 2 heteroatoms. The molecule has 9 heavy (non-hydrogen) atoms. The Labute approximate surface area is 54.5 Å². The minimum atomic E-state index is 0.0718. The Morgan fingerprint density at radius 2 is 2.67 bits per heavy atom. The van der Waals surface area contributed by atoms with Gasteiger partial charge in [0.05, 0.1) is 12.7 Å². The molecule has 1 heterocycles. The molecule has 0 saturated carbocycles. The van der Waals surface area contributed by atoms with E-state index in [1.54, 1.807) is 0 Å². The summed E-state index contributed by atoms with van der Waals surface area (Å²) in [7, 11) is 0. The van der Waals surface area contributed by atoms with E-state index in [1.807, 2.05) is 12.9 Å². The summed E-state index contributed by atoms with van der Waals surface area (Å²) in [6.45, 7) is 2.70. The van der Waals surface area contributed by atoms with Crippen molar-refractivity contribution in [2.75, 3.05) is 6.61 Å². The predicted octanol–water partition coefficient (Wildman–Crippen LogP) is 0.943. The fourth-order valence-electron chi connectivity index (χ4n) is 1.05. The molecule has 1 saturated heterocycles. The van der Waals surface area contributed by atoms with Crippen molar-refractivity contribution in [3.63, 3.8) is 0 Å². The van der Waals surface area contributed by atoms with Crippen LogP contribution in [0.4, 0.5) is 0 Å². The van der Waals surface area contributed by atoms with E-state index >= 15 is 0 Å². The summed E-state index contributed by atoms with van der Waals surface area (Å²) in [5, 5.41) is 0. The zero-order valence-corrected chi connectivity index (χ0v) is 5.52. The second-order valence-corrected chi connectivity index (χ2v) is 2.14. The Kier molecular flexibility index (Phi) is 2.04. The summed E-state index contributed by atoms with van der Waals surface area (Å²) in [5.74, 6) is 1.91. The molecule has 0 aromatic rings. The molecule has 1 rings (SSSR count). The number of hydrogen-bond donors (Lipinski definition) is 0. The summed E-state index contributed by atoms with van der Waals surface area (Å²) < 4.78 is 5.21. The van der Waals surface area contributed by atoms with Crippen LogP contribution in [-0.4, -0.2) is 18.7 Å². The van der Waals surface area contributed by atoms with Crippen molar-refractivity contribution in [1.29, 1.82) is 0 Å². The van der Waals surface area contributed by atoms with Crippen molar-refractivity contribution in [2.45, 2.75) is 25.9 Å². The summed E-state index contributed by atoms with van der Waals surface area (Å²) in [6.07, 6.45) is 1.74. The molecule has 0 bridgehead atoms. The van der Waals surface area contributed by atoms with Gasteiger partial charge in [0.1, 0.15) is 5.94 Å². The van der Waals surface area contributed by atoms with Crippen LogP contribution < -0.4 is 0 Å². The third-order valence-electron chi connectivity index (χ3n) is 1.58. The van der Waals surface area contributed by atoms with E-state index in [0.717, 1.165) is 18.4 Å². The van der Waals surface area contributed by atoms with E-state index in [1.165, 1.54) is 0 Å². The maximum Gasteiger partial charge on any atom is 0.126 e. The first-order valence-corrected chi connectivity index (χ1v) is 3.24. The molecule has 1 aliphatic heterocycles. The number of rotatable bonds is 1.